The average Bonchev–Trinajstić information content (AvgIpc) is 2.77. The molecule has 0 saturated carbocycles. The number of hydrogen-bond acceptors (Lipinski definition) is 4. The number of fused-ring (bicyclic) bond motifs is 3. The fourth-order valence-corrected chi connectivity index (χ4v) is 4.78. The number of carbonyl (C=O) groups is 1. The van der Waals surface area contributed by atoms with Gasteiger partial charge in [0.15, 0.2) is 0 Å². The Labute approximate surface area is 175 Å². The van der Waals surface area contributed by atoms with Crippen molar-refractivity contribution in [2.24, 2.45) is 4.99 Å². The van der Waals surface area contributed by atoms with E-state index in [1.54, 1.807) is 0 Å². The number of halogens is 1. The van der Waals surface area contributed by atoms with E-state index >= 15 is 0 Å². The number of allylic oxidation sites excluding steroid dienone is 1. The van der Waals surface area contributed by atoms with Crippen LogP contribution in [0.5, 0.6) is 0 Å². The van der Waals surface area contributed by atoms with Crippen LogP contribution < -0.4 is 10.6 Å². The van der Waals surface area contributed by atoms with Crippen molar-refractivity contribution in [3.05, 3.63) is 53.1 Å². The van der Waals surface area contributed by atoms with E-state index in [0.29, 0.717) is 12.7 Å². The number of dihydropyridines is 1. The van der Waals surface area contributed by atoms with Gasteiger partial charge in [0, 0.05) is 24.1 Å². The molecule has 150 valence electrons. The monoisotopic (exact) mass is 408 g/mol. The van der Waals surface area contributed by atoms with Gasteiger partial charge in [0.05, 0.1) is 17.9 Å². The minimum atomic E-state index is -0.164. The minimum Gasteiger partial charge on any atom is -0.366 e. The predicted octanol–water partition coefficient (Wildman–Crippen LogP) is 3.93. The van der Waals surface area contributed by atoms with Crippen molar-refractivity contribution in [2.45, 2.75) is 37.2 Å². The van der Waals surface area contributed by atoms with Gasteiger partial charge in [-0.2, -0.15) is 0 Å². The molecule has 1 saturated heterocycles. The van der Waals surface area contributed by atoms with Gasteiger partial charge >= 0.3 is 0 Å². The molecule has 29 heavy (non-hydrogen) atoms. The Morgan fingerprint density at radius 2 is 1.97 bits per heavy atom. The zero-order valence-electron chi connectivity index (χ0n) is 16.3. The molecule has 2 N–H and O–H groups in total. The normalized spacial score (nSPS) is 22.4. The molecule has 1 amide bonds. The van der Waals surface area contributed by atoms with Gasteiger partial charge in [-0.3, -0.25) is 9.79 Å². The summed E-state index contributed by atoms with van der Waals surface area (Å²) in [6, 6.07) is 10.7. The van der Waals surface area contributed by atoms with E-state index in [2.05, 4.69) is 46.0 Å². The van der Waals surface area contributed by atoms with Gasteiger partial charge in [-0.15, -0.1) is 0 Å². The molecule has 0 bridgehead atoms. The van der Waals surface area contributed by atoms with Crippen LogP contribution >= 0.6 is 11.6 Å². The molecule has 3 aliphatic heterocycles. The van der Waals surface area contributed by atoms with Crippen molar-refractivity contribution in [1.82, 2.24) is 10.2 Å². The highest BCUT2D eigenvalue weighted by Crippen LogP contribution is 2.36. The molecule has 2 aromatic carbocycles. The lowest BCUT2D eigenvalue weighted by Gasteiger charge is -2.38. The molecule has 1 unspecified atom stereocenters. The summed E-state index contributed by atoms with van der Waals surface area (Å²) in [5.74, 6) is 0.143. The summed E-state index contributed by atoms with van der Waals surface area (Å²) in [5.41, 5.74) is 3.90. The predicted molar refractivity (Wildman–Crippen MR) is 119 cm³/mol. The molecule has 2 aromatic rings. The third-order valence-electron chi connectivity index (χ3n) is 6.17. The van der Waals surface area contributed by atoms with Gasteiger partial charge in [-0.25, -0.2) is 0 Å². The fraction of sp³-hybridized carbons (Fsp3) is 0.391. The lowest BCUT2D eigenvalue weighted by molar-refractivity contribution is 0.0649. The Morgan fingerprint density at radius 1 is 1.17 bits per heavy atom. The molecule has 3 aliphatic rings. The summed E-state index contributed by atoms with van der Waals surface area (Å²) in [6.45, 7) is 2.52. The molecule has 1 atom stereocenters. The third kappa shape index (κ3) is 3.53. The van der Waals surface area contributed by atoms with Crippen molar-refractivity contribution in [1.29, 1.82) is 0 Å². The first-order valence-electron chi connectivity index (χ1n) is 10.4. The molecule has 5 nitrogen and oxygen atoms in total. The van der Waals surface area contributed by atoms with Crippen molar-refractivity contribution >= 4 is 40.2 Å². The van der Waals surface area contributed by atoms with E-state index in [9.17, 15) is 4.79 Å². The number of carbonyl (C=O) groups excluding carboxylic acids is 1. The van der Waals surface area contributed by atoms with E-state index in [1.807, 2.05) is 17.2 Å². The van der Waals surface area contributed by atoms with E-state index in [0.717, 1.165) is 66.5 Å². The first kappa shape index (κ1) is 18.6. The molecular formula is C23H25ClN4O. The lowest BCUT2D eigenvalue weighted by Crippen LogP contribution is -2.50. The largest absolute Gasteiger partial charge is 0.366 e. The Bertz CT molecular complexity index is 1010. The molecule has 0 aromatic heterocycles. The Hall–Kier alpha value is -2.37. The quantitative estimate of drug-likeness (QED) is 0.597. The molecule has 3 heterocycles. The van der Waals surface area contributed by atoms with Crippen LogP contribution in [0.2, 0.25) is 0 Å². The number of piperidine rings is 1. The van der Waals surface area contributed by atoms with E-state index in [1.165, 1.54) is 5.39 Å². The number of anilines is 1. The number of hydrogen-bond donors (Lipinski definition) is 2. The first-order chi connectivity index (χ1) is 14.2. The van der Waals surface area contributed by atoms with Gasteiger partial charge in [-0.05, 0) is 54.9 Å². The van der Waals surface area contributed by atoms with Crippen LogP contribution in [0.4, 0.5) is 5.69 Å². The lowest BCUT2D eigenvalue weighted by atomic mass is 9.92. The van der Waals surface area contributed by atoms with Gasteiger partial charge in [0.25, 0.3) is 5.91 Å². The molecule has 1 fully saturated rings. The molecular weight excluding hydrogens is 384 g/mol. The number of alkyl halides is 1. The molecule has 0 spiro atoms. The number of nitrogens with zero attached hydrogens (tertiary/aromatic N) is 2. The van der Waals surface area contributed by atoms with E-state index < -0.39 is 0 Å². The maximum atomic E-state index is 13.5. The molecule has 0 aliphatic carbocycles. The smallest absolute Gasteiger partial charge is 0.257 e. The SMILES string of the molecule is O=C1c2cc(CC3=CCC(Cl)N=C3)c3ccccc3c2NCN1C1CCNCC1. The van der Waals surface area contributed by atoms with Gasteiger partial charge in [0.1, 0.15) is 5.50 Å². The maximum absolute atomic E-state index is 13.5. The van der Waals surface area contributed by atoms with Crippen molar-refractivity contribution in [3.63, 3.8) is 0 Å². The van der Waals surface area contributed by atoms with Crippen molar-refractivity contribution < 1.29 is 4.79 Å². The average molecular weight is 409 g/mol. The summed E-state index contributed by atoms with van der Waals surface area (Å²) in [4.78, 5) is 19.8. The number of rotatable bonds is 3. The standard InChI is InChI=1S/C23H25ClN4O/c24-21-6-5-15(13-26-21)11-16-12-20-22(19-4-2-1-3-18(16)19)27-14-28(23(20)29)17-7-9-25-10-8-17/h1-5,12-13,17,21,25,27H,6-11,14H2. The van der Waals surface area contributed by atoms with E-state index in [4.69, 9.17) is 11.6 Å². The summed E-state index contributed by atoms with van der Waals surface area (Å²) < 4.78 is 0. The molecule has 0 radical (unpaired) electrons. The highest BCUT2D eigenvalue weighted by Gasteiger charge is 2.32. The second-order valence-electron chi connectivity index (χ2n) is 8.00. The molecule has 5 rings (SSSR count). The highest BCUT2D eigenvalue weighted by molar-refractivity contribution is 6.21. The summed E-state index contributed by atoms with van der Waals surface area (Å²) >= 11 is 6.08. The van der Waals surface area contributed by atoms with Crippen LogP contribution in [0.3, 0.4) is 0 Å². The fourth-order valence-electron chi connectivity index (χ4n) is 4.64. The Kier molecular flexibility index (Phi) is 5.02. The second-order valence-corrected chi connectivity index (χ2v) is 8.50. The number of aliphatic imine (C=N–C) groups is 1. The minimum absolute atomic E-state index is 0.143. The number of nitrogens with one attached hydrogen (secondary N) is 2. The topological polar surface area (TPSA) is 56.7 Å². The highest BCUT2D eigenvalue weighted by atomic mass is 35.5. The Morgan fingerprint density at radius 3 is 2.72 bits per heavy atom. The van der Waals surface area contributed by atoms with Gasteiger partial charge in [0.2, 0.25) is 0 Å². The summed E-state index contributed by atoms with van der Waals surface area (Å²) in [5, 5.41) is 9.23. The summed E-state index contributed by atoms with van der Waals surface area (Å²) in [6.07, 6.45) is 7.54. The third-order valence-corrected chi connectivity index (χ3v) is 6.46. The maximum Gasteiger partial charge on any atom is 0.257 e. The zero-order chi connectivity index (χ0) is 19.8. The van der Waals surface area contributed by atoms with Crippen LogP contribution in [0.1, 0.15) is 35.2 Å². The second kappa shape index (κ2) is 7.81. The van der Waals surface area contributed by atoms with Crippen LogP contribution in [0.25, 0.3) is 10.8 Å². The number of amides is 1. The van der Waals surface area contributed by atoms with Crippen molar-refractivity contribution in [3.8, 4) is 0 Å². The van der Waals surface area contributed by atoms with E-state index in [-0.39, 0.29) is 11.4 Å². The number of benzene rings is 2. The van der Waals surface area contributed by atoms with Crippen molar-refractivity contribution in [2.75, 3.05) is 25.1 Å². The van der Waals surface area contributed by atoms with Crippen LogP contribution in [-0.4, -0.2) is 48.3 Å². The van der Waals surface area contributed by atoms with Gasteiger partial charge < -0.3 is 15.5 Å². The Balaban J connectivity index is 1.54. The zero-order valence-corrected chi connectivity index (χ0v) is 17.1. The van der Waals surface area contributed by atoms with Crippen LogP contribution in [0, 0.1) is 0 Å². The molecule has 6 heteroatoms. The first-order valence-corrected chi connectivity index (χ1v) is 10.8. The van der Waals surface area contributed by atoms with Crippen LogP contribution in [-0.2, 0) is 6.42 Å². The van der Waals surface area contributed by atoms with Crippen LogP contribution in [0.15, 0.2) is 47.0 Å². The summed E-state index contributed by atoms with van der Waals surface area (Å²) in [7, 11) is 0. The van der Waals surface area contributed by atoms with Gasteiger partial charge in [-0.1, -0.05) is 41.9 Å².